The van der Waals surface area contributed by atoms with E-state index in [1.165, 1.54) is 18.3 Å². The third kappa shape index (κ3) is 3.29. The number of ether oxygens (including phenoxy) is 2. The first-order valence-corrected chi connectivity index (χ1v) is 9.65. The van der Waals surface area contributed by atoms with Gasteiger partial charge in [-0.05, 0) is 24.1 Å². The molecule has 0 aliphatic carbocycles. The Balaban J connectivity index is 1.56. The summed E-state index contributed by atoms with van der Waals surface area (Å²) in [5, 5.41) is 3.15. The van der Waals surface area contributed by atoms with Crippen LogP contribution in [0.2, 0.25) is 0 Å². The number of carbonyl (C=O) groups excluding carboxylic acids is 3. The third-order valence-electron chi connectivity index (χ3n) is 4.79. The molecule has 0 unspecified atom stereocenters. The van der Waals surface area contributed by atoms with Crippen molar-refractivity contribution in [2.24, 2.45) is 5.73 Å². The zero-order valence-electron chi connectivity index (χ0n) is 15.2. The number of amides is 3. The Labute approximate surface area is 165 Å². The average molecular weight is 401 g/mol. The van der Waals surface area contributed by atoms with E-state index in [1.54, 1.807) is 23.1 Å². The number of rotatable bonds is 3. The van der Waals surface area contributed by atoms with E-state index in [1.807, 2.05) is 6.07 Å². The maximum Gasteiger partial charge on any atom is 0.269 e. The number of thiophene rings is 1. The molecule has 2 aromatic rings. The van der Waals surface area contributed by atoms with Crippen molar-refractivity contribution in [1.29, 1.82) is 0 Å². The molecule has 146 valence electrons. The van der Waals surface area contributed by atoms with E-state index in [9.17, 15) is 14.4 Å². The number of anilines is 1. The topological polar surface area (TPSA) is 111 Å². The lowest BCUT2D eigenvalue weighted by atomic mass is 10.0. The van der Waals surface area contributed by atoms with E-state index in [0.717, 1.165) is 10.4 Å². The summed E-state index contributed by atoms with van der Waals surface area (Å²) in [5.74, 6) is 0.0258. The minimum absolute atomic E-state index is 0.0309. The van der Waals surface area contributed by atoms with E-state index in [0.29, 0.717) is 41.6 Å². The number of fused-ring (bicyclic) bond motifs is 2. The second kappa shape index (κ2) is 7.16. The molecule has 28 heavy (non-hydrogen) atoms. The van der Waals surface area contributed by atoms with Crippen LogP contribution in [-0.4, -0.2) is 41.9 Å². The number of hydrogen-bond acceptors (Lipinski definition) is 6. The predicted molar refractivity (Wildman–Crippen MR) is 103 cm³/mol. The highest BCUT2D eigenvalue weighted by molar-refractivity contribution is 7.17. The maximum atomic E-state index is 12.7. The fourth-order valence-corrected chi connectivity index (χ4v) is 4.63. The van der Waals surface area contributed by atoms with E-state index in [4.69, 9.17) is 15.2 Å². The van der Waals surface area contributed by atoms with Gasteiger partial charge in [-0.2, -0.15) is 0 Å². The molecule has 0 saturated carbocycles. The first-order chi connectivity index (χ1) is 13.4. The van der Waals surface area contributed by atoms with Gasteiger partial charge in [0.2, 0.25) is 12.0 Å². The Kier molecular flexibility index (Phi) is 4.68. The van der Waals surface area contributed by atoms with Crippen molar-refractivity contribution in [3.63, 3.8) is 0 Å². The van der Waals surface area contributed by atoms with Gasteiger partial charge >= 0.3 is 0 Å². The molecule has 2 aliphatic rings. The molecule has 3 heterocycles. The van der Waals surface area contributed by atoms with Gasteiger partial charge in [0.05, 0.1) is 12.1 Å². The van der Waals surface area contributed by atoms with Gasteiger partial charge in [-0.3, -0.25) is 14.4 Å². The van der Waals surface area contributed by atoms with E-state index >= 15 is 0 Å². The summed E-state index contributed by atoms with van der Waals surface area (Å²) >= 11 is 1.27. The van der Waals surface area contributed by atoms with Crippen LogP contribution in [0.1, 0.15) is 27.7 Å². The number of primary amides is 1. The summed E-state index contributed by atoms with van der Waals surface area (Å²) in [7, 11) is 0. The second-order valence-electron chi connectivity index (χ2n) is 6.62. The molecule has 1 aromatic carbocycles. The molecule has 1 atom stereocenters. The highest BCUT2D eigenvalue weighted by atomic mass is 32.1. The fourth-order valence-electron chi connectivity index (χ4n) is 3.36. The van der Waals surface area contributed by atoms with Crippen molar-refractivity contribution in [2.45, 2.75) is 26.0 Å². The number of benzene rings is 1. The van der Waals surface area contributed by atoms with Crippen molar-refractivity contribution in [2.75, 3.05) is 18.5 Å². The van der Waals surface area contributed by atoms with Gasteiger partial charge < -0.3 is 25.4 Å². The molecule has 0 saturated heterocycles. The zero-order chi connectivity index (χ0) is 19.8. The summed E-state index contributed by atoms with van der Waals surface area (Å²) in [4.78, 5) is 39.0. The molecule has 0 spiro atoms. The molecule has 0 fully saturated rings. The number of para-hydroxylation sites is 2. The minimum Gasteiger partial charge on any atom is -0.485 e. The molecule has 0 radical (unpaired) electrons. The highest BCUT2D eigenvalue weighted by Crippen LogP contribution is 2.37. The summed E-state index contributed by atoms with van der Waals surface area (Å²) in [6, 6.07) is 7.11. The van der Waals surface area contributed by atoms with Crippen molar-refractivity contribution in [3.05, 3.63) is 40.3 Å². The standard InChI is InChI=1S/C19H19N3O5S/c1-10(23)22-7-6-11-15(8-22)28-19(16(11)17(20)24)21-18(25)14-9-26-12-4-2-3-5-13(12)27-14/h2-5,14H,6-9H2,1H3,(H2,20,24)(H,21,25)/t14-/m0/s1. The quantitative estimate of drug-likeness (QED) is 0.810. The molecule has 3 amide bonds. The molecule has 2 aliphatic heterocycles. The second-order valence-corrected chi connectivity index (χ2v) is 7.72. The van der Waals surface area contributed by atoms with Crippen LogP contribution < -0.4 is 20.5 Å². The number of nitrogens with two attached hydrogens (primary N) is 1. The van der Waals surface area contributed by atoms with Crippen LogP contribution in [0.3, 0.4) is 0 Å². The first-order valence-electron chi connectivity index (χ1n) is 8.83. The van der Waals surface area contributed by atoms with Crippen LogP contribution in [0.4, 0.5) is 5.00 Å². The van der Waals surface area contributed by atoms with Gasteiger partial charge in [-0.1, -0.05) is 12.1 Å². The number of hydrogen-bond donors (Lipinski definition) is 2. The van der Waals surface area contributed by atoms with Gasteiger partial charge in [-0.15, -0.1) is 11.3 Å². The summed E-state index contributed by atoms with van der Waals surface area (Å²) in [6.07, 6.45) is -0.320. The Bertz CT molecular complexity index is 970. The lowest BCUT2D eigenvalue weighted by molar-refractivity contribution is -0.129. The van der Waals surface area contributed by atoms with Crippen LogP contribution in [0.25, 0.3) is 0 Å². The molecule has 0 bridgehead atoms. The van der Waals surface area contributed by atoms with E-state index < -0.39 is 17.9 Å². The van der Waals surface area contributed by atoms with Crippen molar-refractivity contribution in [3.8, 4) is 11.5 Å². The van der Waals surface area contributed by atoms with Gasteiger partial charge in [-0.25, -0.2) is 0 Å². The third-order valence-corrected chi connectivity index (χ3v) is 5.92. The number of nitrogens with zero attached hydrogens (tertiary/aromatic N) is 1. The van der Waals surface area contributed by atoms with E-state index in [-0.39, 0.29) is 12.5 Å². The lowest BCUT2D eigenvalue weighted by Crippen LogP contribution is -2.40. The first kappa shape index (κ1) is 18.3. The van der Waals surface area contributed by atoms with Gasteiger partial charge in [0.15, 0.2) is 11.5 Å². The smallest absolute Gasteiger partial charge is 0.269 e. The lowest BCUT2D eigenvalue weighted by Gasteiger charge is -2.25. The van der Waals surface area contributed by atoms with Crippen molar-refractivity contribution < 1.29 is 23.9 Å². The van der Waals surface area contributed by atoms with Crippen LogP contribution in [-0.2, 0) is 22.6 Å². The Morgan fingerprint density at radius 2 is 2.00 bits per heavy atom. The maximum absolute atomic E-state index is 12.7. The van der Waals surface area contributed by atoms with Crippen LogP contribution in [0, 0.1) is 0 Å². The van der Waals surface area contributed by atoms with Gasteiger partial charge in [0, 0.05) is 18.3 Å². The Morgan fingerprint density at radius 3 is 2.71 bits per heavy atom. The van der Waals surface area contributed by atoms with Crippen LogP contribution in [0.15, 0.2) is 24.3 Å². The molecule has 9 heteroatoms. The number of nitrogens with one attached hydrogen (secondary N) is 1. The molecule has 4 rings (SSSR count). The van der Waals surface area contributed by atoms with Gasteiger partial charge in [0.25, 0.3) is 11.8 Å². The van der Waals surface area contributed by atoms with Crippen molar-refractivity contribution >= 4 is 34.1 Å². The summed E-state index contributed by atoms with van der Waals surface area (Å²) in [6.45, 7) is 2.50. The molecule has 1 aromatic heterocycles. The summed E-state index contributed by atoms with van der Waals surface area (Å²) in [5.41, 5.74) is 6.69. The van der Waals surface area contributed by atoms with Crippen LogP contribution >= 0.6 is 11.3 Å². The molecule has 3 N–H and O–H groups in total. The van der Waals surface area contributed by atoms with Crippen LogP contribution in [0.5, 0.6) is 11.5 Å². The minimum atomic E-state index is -0.844. The zero-order valence-corrected chi connectivity index (χ0v) is 16.0. The monoisotopic (exact) mass is 401 g/mol. The Morgan fingerprint density at radius 1 is 1.25 bits per heavy atom. The molecule has 8 nitrogen and oxygen atoms in total. The Hall–Kier alpha value is -3.07. The summed E-state index contributed by atoms with van der Waals surface area (Å²) < 4.78 is 11.3. The highest BCUT2D eigenvalue weighted by Gasteiger charge is 2.32. The SMILES string of the molecule is CC(=O)N1CCc2c(sc(NC(=O)[C@@H]3COc4ccccc4O3)c2C(N)=O)C1. The number of carbonyl (C=O) groups is 3. The van der Waals surface area contributed by atoms with E-state index in [2.05, 4.69) is 5.32 Å². The average Bonchev–Trinajstić information content (AvgIpc) is 3.04. The van der Waals surface area contributed by atoms with Crippen molar-refractivity contribution in [1.82, 2.24) is 4.90 Å². The molecular weight excluding hydrogens is 382 g/mol. The predicted octanol–water partition coefficient (Wildman–Crippen LogP) is 1.53. The van der Waals surface area contributed by atoms with Gasteiger partial charge in [0.1, 0.15) is 11.6 Å². The molecular formula is C19H19N3O5S. The largest absolute Gasteiger partial charge is 0.485 e. The fraction of sp³-hybridized carbons (Fsp3) is 0.316. The normalized spacial score (nSPS) is 17.6.